The molecule has 0 bridgehead atoms. The van der Waals surface area contributed by atoms with Gasteiger partial charge in [-0.25, -0.2) is 4.39 Å². The summed E-state index contributed by atoms with van der Waals surface area (Å²) in [6.07, 6.45) is 0. The van der Waals surface area contributed by atoms with Gasteiger partial charge in [0.15, 0.2) is 5.82 Å². The second-order valence-electron chi connectivity index (χ2n) is 3.52. The summed E-state index contributed by atoms with van der Waals surface area (Å²) >= 11 is 5.64. The number of carbonyl (C=O) groups excluding carboxylic acids is 1. The monoisotopic (exact) mass is 258 g/mol. The number of hydrogen-bond donors (Lipinski definition) is 1. The van der Waals surface area contributed by atoms with Crippen molar-refractivity contribution in [2.45, 2.75) is 13.8 Å². The minimum absolute atomic E-state index is 0.0466. The van der Waals surface area contributed by atoms with Gasteiger partial charge in [-0.3, -0.25) is 4.79 Å². The third kappa shape index (κ3) is 3.60. The van der Waals surface area contributed by atoms with Crippen LogP contribution in [0.25, 0.3) is 0 Å². The Bertz CT molecular complexity index is 394. The zero-order chi connectivity index (χ0) is 12.8. The number of amides is 1. The lowest BCUT2D eigenvalue weighted by atomic mass is 10.3. The molecule has 1 rings (SSSR count). The lowest BCUT2D eigenvalue weighted by molar-refractivity contribution is -0.128. The molecule has 0 aliphatic carbocycles. The van der Waals surface area contributed by atoms with Gasteiger partial charge in [0.25, 0.3) is 0 Å². The quantitative estimate of drug-likeness (QED) is 0.881. The fourth-order valence-corrected chi connectivity index (χ4v) is 1.67. The molecule has 0 radical (unpaired) electrons. The van der Waals surface area contributed by atoms with E-state index in [9.17, 15) is 9.18 Å². The molecule has 1 N–H and O–H groups in total. The first kappa shape index (κ1) is 13.8. The van der Waals surface area contributed by atoms with Crippen molar-refractivity contribution in [3.63, 3.8) is 0 Å². The van der Waals surface area contributed by atoms with E-state index in [1.165, 1.54) is 6.07 Å². The number of nitrogens with zero attached hydrogens (tertiary/aromatic N) is 1. The van der Waals surface area contributed by atoms with Gasteiger partial charge < -0.3 is 10.2 Å². The molecule has 94 valence electrons. The molecule has 0 unspecified atom stereocenters. The van der Waals surface area contributed by atoms with E-state index in [-0.39, 0.29) is 23.2 Å². The van der Waals surface area contributed by atoms with Crippen LogP contribution in [0.5, 0.6) is 0 Å². The van der Waals surface area contributed by atoms with E-state index in [1.54, 1.807) is 17.0 Å². The van der Waals surface area contributed by atoms with Crippen molar-refractivity contribution in [3.05, 3.63) is 29.0 Å². The molecule has 0 aromatic heterocycles. The highest BCUT2D eigenvalue weighted by Gasteiger charge is 2.11. The Morgan fingerprint density at radius 1 is 1.41 bits per heavy atom. The highest BCUT2D eigenvalue weighted by Crippen LogP contribution is 2.21. The first-order chi connectivity index (χ1) is 8.10. The Morgan fingerprint density at radius 2 is 2.06 bits per heavy atom. The zero-order valence-electron chi connectivity index (χ0n) is 9.96. The summed E-state index contributed by atoms with van der Waals surface area (Å²) in [6.45, 7) is 5.17. The van der Waals surface area contributed by atoms with E-state index >= 15 is 0 Å². The normalized spacial score (nSPS) is 10.1. The average Bonchev–Trinajstić information content (AvgIpc) is 2.32. The van der Waals surface area contributed by atoms with Crippen LogP contribution in [0.3, 0.4) is 0 Å². The number of anilines is 1. The van der Waals surface area contributed by atoms with Gasteiger partial charge in [0.05, 0.1) is 17.3 Å². The van der Waals surface area contributed by atoms with Crippen molar-refractivity contribution >= 4 is 23.2 Å². The number of halogens is 2. The van der Waals surface area contributed by atoms with E-state index in [0.29, 0.717) is 13.1 Å². The van der Waals surface area contributed by atoms with Crippen molar-refractivity contribution in [1.82, 2.24) is 4.90 Å². The molecule has 0 aliphatic rings. The summed E-state index contributed by atoms with van der Waals surface area (Å²) in [4.78, 5) is 13.4. The fraction of sp³-hybridized carbons (Fsp3) is 0.417. The van der Waals surface area contributed by atoms with Crippen molar-refractivity contribution in [2.75, 3.05) is 25.0 Å². The maximum absolute atomic E-state index is 13.5. The predicted molar refractivity (Wildman–Crippen MR) is 67.8 cm³/mol. The van der Waals surface area contributed by atoms with Crippen molar-refractivity contribution in [2.24, 2.45) is 0 Å². The zero-order valence-corrected chi connectivity index (χ0v) is 10.7. The number of likely N-dealkylation sites (N-methyl/N-ethyl adjacent to an activating group) is 1. The maximum atomic E-state index is 13.5. The molecule has 1 amide bonds. The Hall–Kier alpha value is -1.29. The summed E-state index contributed by atoms with van der Waals surface area (Å²) < 4.78 is 13.5. The largest absolute Gasteiger partial charge is 0.374 e. The Morgan fingerprint density at radius 3 is 2.65 bits per heavy atom. The van der Waals surface area contributed by atoms with Gasteiger partial charge in [-0.05, 0) is 26.0 Å². The van der Waals surface area contributed by atoms with Crippen LogP contribution in [0.4, 0.5) is 10.1 Å². The minimum atomic E-state index is -0.526. The van der Waals surface area contributed by atoms with Gasteiger partial charge in [0, 0.05) is 13.1 Å². The summed E-state index contributed by atoms with van der Waals surface area (Å²) in [5, 5.41) is 2.80. The van der Waals surface area contributed by atoms with Crippen molar-refractivity contribution in [1.29, 1.82) is 0 Å². The van der Waals surface area contributed by atoms with E-state index in [4.69, 9.17) is 11.6 Å². The van der Waals surface area contributed by atoms with E-state index in [0.717, 1.165) is 0 Å². The molecular weight excluding hydrogens is 243 g/mol. The number of carbonyl (C=O) groups is 1. The van der Waals surface area contributed by atoms with Crippen LogP contribution in [0.15, 0.2) is 18.2 Å². The molecule has 3 nitrogen and oxygen atoms in total. The second kappa shape index (κ2) is 6.45. The number of nitrogens with one attached hydrogen (secondary N) is 1. The summed E-state index contributed by atoms with van der Waals surface area (Å²) in [5.74, 6) is -0.587. The van der Waals surface area contributed by atoms with E-state index in [2.05, 4.69) is 5.32 Å². The Labute approximate surface area is 106 Å². The predicted octanol–water partition coefficient (Wildman–Crippen LogP) is 2.76. The fourth-order valence-electron chi connectivity index (χ4n) is 1.50. The number of hydrogen-bond acceptors (Lipinski definition) is 2. The Kier molecular flexibility index (Phi) is 5.22. The molecule has 0 fully saturated rings. The van der Waals surface area contributed by atoms with Gasteiger partial charge in [-0.2, -0.15) is 0 Å². The standard InChI is InChI=1S/C12H16ClFN2O/c1-3-16(4-2)11(17)8-15-10-7-5-6-9(13)12(10)14/h5-7,15H,3-4,8H2,1-2H3. The molecule has 0 spiro atoms. The topological polar surface area (TPSA) is 32.3 Å². The molecule has 0 aliphatic heterocycles. The molecule has 0 heterocycles. The average molecular weight is 259 g/mol. The van der Waals surface area contributed by atoms with Crippen LogP contribution in [0, 0.1) is 5.82 Å². The van der Waals surface area contributed by atoms with Crippen molar-refractivity contribution in [3.8, 4) is 0 Å². The van der Waals surface area contributed by atoms with Gasteiger partial charge in [-0.15, -0.1) is 0 Å². The van der Waals surface area contributed by atoms with Crippen LogP contribution < -0.4 is 5.32 Å². The highest BCUT2D eigenvalue weighted by molar-refractivity contribution is 6.31. The smallest absolute Gasteiger partial charge is 0.241 e. The van der Waals surface area contributed by atoms with Gasteiger partial charge in [-0.1, -0.05) is 17.7 Å². The molecule has 0 saturated heterocycles. The third-order valence-electron chi connectivity index (χ3n) is 2.50. The van der Waals surface area contributed by atoms with Crippen LogP contribution in [0.2, 0.25) is 5.02 Å². The molecule has 0 atom stereocenters. The summed E-state index contributed by atoms with van der Waals surface area (Å²) in [5.41, 5.74) is 0.248. The molecule has 0 saturated carbocycles. The van der Waals surface area contributed by atoms with Gasteiger partial charge >= 0.3 is 0 Å². The van der Waals surface area contributed by atoms with E-state index < -0.39 is 5.82 Å². The van der Waals surface area contributed by atoms with Crippen LogP contribution in [-0.2, 0) is 4.79 Å². The van der Waals surface area contributed by atoms with Crippen LogP contribution in [0.1, 0.15) is 13.8 Å². The summed E-state index contributed by atoms with van der Waals surface area (Å²) in [6, 6.07) is 4.65. The third-order valence-corrected chi connectivity index (χ3v) is 2.79. The molecule has 1 aromatic carbocycles. The Balaban J connectivity index is 2.61. The maximum Gasteiger partial charge on any atom is 0.241 e. The molecular formula is C12H16ClFN2O. The van der Waals surface area contributed by atoms with E-state index in [1.807, 2.05) is 13.8 Å². The first-order valence-electron chi connectivity index (χ1n) is 5.55. The summed E-state index contributed by atoms with van der Waals surface area (Å²) in [7, 11) is 0. The molecule has 5 heteroatoms. The highest BCUT2D eigenvalue weighted by atomic mass is 35.5. The first-order valence-corrected chi connectivity index (χ1v) is 5.93. The lowest BCUT2D eigenvalue weighted by Crippen LogP contribution is -2.35. The second-order valence-corrected chi connectivity index (χ2v) is 3.93. The minimum Gasteiger partial charge on any atom is -0.374 e. The number of benzene rings is 1. The van der Waals surface area contributed by atoms with Gasteiger partial charge in [0.1, 0.15) is 0 Å². The molecule has 1 aromatic rings. The van der Waals surface area contributed by atoms with Crippen LogP contribution in [-0.4, -0.2) is 30.4 Å². The molecule has 17 heavy (non-hydrogen) atoms. The lowest BCUT2D eigenvalue weighted by Gasteiger charge is -2.19. The van der Waals surface area contributed by atoms with Gasteiger partial charge in [0.2, 0.25) is 5.91 Å². The van der Waals surface area contributed by atoms with Crippen LogP contribution >= 0.6 is 11.6 Å². The number of rotatable bonds is 5. The SMILES string of the molecule is CCN(CC)C(=O)CNc1cccc(Cl)c1F. The van der Waals surface area contributed by atoms with Crippen molar-refractivity contribution < 1.29 is 9.18 Å².